The van der Waals surface area contributed by atoms with Gasteiger partial charge in [-0.3, -0.25) is 9.69 Å². The summed E-state index contributed by atoms with van der Waals surface area (Å²) in [6.07, 6.45) is 0. The fourth-order valence-electron chi connectivity index (χ4n) is 3.38. The molecular weight excluding hydrogens is 401 g/mol. The van der Waals surface area contributed by atoms with Gasteiger partial charge in [-0.25, -0.2) is 9.18 Å². The molecule has 1 aliphatic rings. The molecule has 3 amide bonds. The van der Waals surface area contributed by atoms with Crippen LogP contribution in [0.2, 0.25) is 0 Å². The van der Waals surface area contributed by atoms with Gasteiger partial charge in [0, 0.05) is 11.4 Å². The molecule has 1 fully saturated rings. The summed E-state index contributed by atoms with van der Waals surface area (Å²) in [5, 5.41) is 5.05. The Morgan fingerprint density at radius 3 is 2.60 bits per heavy atom. The Kier molecular flexibility index (Phi) is 5.72. The van der Waals surface area contributed by atoms with Crippen LogP contribution in [0.1, 0.15) is 16.5 Å². The summed E-state index contributed by atoms with van der Waals surface area (Å²) >= 11 is 1.55. The largest absolute Gasteiger partial charge is 0.323 e. The van der Waals surface area contributed by atoms with Gasteiger partial charge in [-0.1, -0.05) is 42.5 Å². The third-order valence-electron chi connectivity index (χ3n) is 4.79. The number of hydrogen-bond acceptors (Lipinski definition) is 3. The Morgan fingerprint density at radius 2 is 1.80 bits per heavy atom. The second kappa shape index (κ2) is 8.59. The normalized spacial score (nSPS) is 15.9. The lowest BCUT2D eigenvalue weighted by Crippen LogP contribution is -2.28. The molecule has 0 radical (unpaired) electrons. The third-order valence-corrected chi connectivity index (χ3v) is 6.01. The maximum absolute atomic E-state index is 13.7. The van der Waals surface area contributed by atoms with E-state index < -0.39 is 11.8 Å². The zero-order chi connectivity index (χ0) is 21.1. The van der Waals surface area contributed by atoms with Gasteiger partial charge in [0.05, 0.1) is 11.4 Å². The average Bonchev–Trinajstić information content (AvgIpc) is 3.11. The van der Waals surface area contributed by atoms with Crippen molar-refractivity contribution in [3.05, 3.63) is 89.7 Å². The highest BCUT2D eigenvalue weighted by Gasteiger charge is 2.34. The number of nitrogens with one attached hydrogen (secondary N) is 2. The van der Waals surface area contributed by atoms with Crippen LogP contribution in [0.4, 0.5) is 26.2 Å². The van der Waals surface area contributed by atoms with E-state index in [1.165, 1.54) is 12.1 Å². The zero-order valence-electron chi connectivity index (χ0n) is 16.3. The van der Waals surface area contributed by atoms with Crippen LogP contribution in [-0.2, 0) is 4.79 Å². The highest BCUT2D eigenvalue weighted by molar-refractivity contribution is 8.00. The van der Waals surface area contributed by atoms with Crippen LogP contribution in [0.5, 0.6) is 0 Å². The number of carbonyl (C=O) groups is 2. The van der Waals surface area contributed by atoms with Gasteiger partial charge < -0.3 is 10.6 Å². The van der Waals surface area contributed by atoms with E-state index in [1.54, 1.807) is 34.9 Å². The molecule has 1 aliphatic heterocycles. The van der Waals surface area contributed by atoms with Crippen molar-refractivity contribution in [1.82, 2.24) is 0 Å². The predicted molar refractivity (Wildman–Crippen MR) is 119 cm³/mol. The number of benzene rings is 3. The highest BCUT2D eigenvalue weighted by Crippen LogP contribution is 2.43. The molecule has 3 aromatic rings. The number of thioether (sulfide) groups is 1. The quantitative estimate of drug-likeness (QED) is 0.580. The number of hydrogen-bond donors (Lipinski definition) is 2. The minimum atomic E-state index is -0.539. The van der Waals surface area contributed by atoms with Crippen LogP contribution in [-0.4, -0.2) is 17.7 Å². The molecule has 0 bridgehead atoms. The average molecular weight is 421 g/mol. The Balaban J connectivity index is 1.54. The van der Waals surface area contributed by atoms with Crippen molar-refractivity contribution in [2.45, 2.75) is 12.3 Å². The van der Waals surface area contributed by atoms with Crippen molar-refractivity contribution >= 4 is 40.8 Å². The highest BCUT2D eigenvalue weighted by atomic mass is 32.2. The fraction of sp³-hybridized carbons (Fsp3) is 0.130. The second-order valence-electron chi connectivity index (χ2n) is 6.90. The Bertz CT molecular complexity index is 1110. The van der Waals surface area contributed by atoms with Gasteiger partial charge in [0.2, 0.25) is 5.91 Å². The lowest BCUT2D eigenvalue weighted by molar-refractivity contribution is -0.115. The van der Waals surface area contributed by atoms with E-state index in [9.17, 15) is 14.0 Å². The standard InChI is InChI=1S/C23H20FN3O2S/c1-15-7-2-5-12-20(15)27-21(28)14-30-22(27)16-8-6-9-17(13-16)25-23(29)26-19-11-4-3-10-18(19)24/h2-13,22H,14H2,1H3,(H2,25,26,29)/t22-/m0/s1. The lowest BCUT2D eigenvalue weighted by Gasteiger charge is -2.26. The minimum absolute atomic E-state index is 0.0509. The van der Waals surface area contributed by atoms with Gasteiger partial charge in [-0.05, 0) is 48.4 Å². The summed E-state index contributed by atoms with van der Waals surface area (Å²) in [4.78, 5) is 26.7. The molecule has 0 aliphatic carbocycles. The Labute approximate surface area is 178 Å². The molecule has 3 aromatic carbocycles. The number of nitrogens with zero attached hydrogens (tertiary/aromatic N) is 1. The molecule has 4 rings (SSSR count). The molecule has 2 N–H and O–H groups in total. The molecule has 1 saturated heterocycles. The first-order valence-electron chi connectivity index (χ1n) is 9.45. The summed E-state index contributed by atoms with van der Waals surface area (Å²) in [5.74, 6) is -0.0594. The molecular formula is C23H20FN3O2S. The molecule has 152 valence electrons. The van der Waals surface area contributed by atoms with E-state index in [0.717, 1.165) is 16.8 Å². The third kappa shape index (κ3) is 4.16. The number of anilines is 3. The van der Waals surface area contributed by atoms with Gasteiger partial charge in [-0.2, -0.15) is 0 Å². The Hall–Kier alpha value is -3.32. The molecule has 30 heavy (non-hydrogen) atoms. The van der Waals surface area contributed by atoms with Crippen molar-refractivity contribution in [2.24, 2.45) is 0 Å². The topological polar surface area (TPSA) is 61.4 Å². The number of amides is 3. The van der Waals surface area contributed by atoms with Crippen molar-refractivity contribution in [2.75, 3.05) is 21.3 Å². The first-order chi connectivity index (χ1) is 14.5. The molecule has 1 heterocycles. The number of halogens is 1. The van der Waals surface area contributed by atoms with Crippen LogP contribution in [0.25, 0.3) is 0 Å². The van der Waals surface area contributed by atoms with Crippen molar-refractivity contribution in [3.8, 4) is 0 Å². The lowest BCUT2D eigenvalue weighted by atomic mass is 10.1. The smallest absolute Gasteiger partial charge is 0.308 e. The SMILES string of the molecule is Cc1ccccc1N1C(=O)CS[C@H]1c1cccc(NC(=O)Nc2ccccc2F)c1. The van der Waals surface area contributed by atoms with E-state index in [0.29, 0.717) is 11.4 Å². The van der Waals surface area contributed by atoms with E-state index >= 15 is 0 Å². The molecule has 0 unspecified atom stereocenters. The van der Waals surface area contributed by atoms with Crippen LogP contribution < -0.4 is 15.5 Å². The van der Waals surface area contributed by atoms with Crippen molar-refractivity contribution in [3.63, 3.8) is 0 Å². The molecule has 0 spiro atoms. The monoisotopic (exact) mass is 421 g/mol. The number of carbonyl (C=O) groups excluding carboxylic acids is 2. The molecule has 1 atom stereocenters. The molecule has 5 nitrogen and oxygen atoms in total. The molecule has 0 aromatic heterocycles. The summed E-state index contributed by atoms with van der Waals surface area (Å²) in [5.41, 5.74) is 3.47. The van der Waals surface area contributed by atoms with Gasteiger partial charge in [0.1, 0.15) is 11.2 Å². The number of aryl methyl sites for hydroxylation is 1. The van der Waals surface area contributed by atoms with Gasteiger partial charge >= 0.3 is 6.03 Å². The number of urea groups is 1. The first kappa shape index (κ1) is 20.0. The molecule has 0 saturated carbocycles. The van der Waals surface area contributed by atoms with E-state index in [-0.39, 0.29) is 17.0 Å². The van der Waals surface area contributed by atoms with Crippen LogP contribution in [0, 0.1) is 12.7 Å². The van der Waals surface area contributed by atoms with E-state index in [4.69, 9.17) is 0 Å². The summed E-state index contributed by atoms with van der Waals surface area (Å²) in [7, 11) is 0. The first-order valence-corrected chi connectivity index (χ1v) is 10.5. The predicted octanol–water partition coefficient (Wildman–Crippen LogP) is 5.56. The van der Waals surface area contributed by atoms with E-state index in [2.05, 4.69) is 10.6 Å². The van der Waals surface area contributed by atoms with Gasteiger partial charge in [-0.15, -0.1) is 11.8 Å². The molecule has 7 heteroatoms. The fourth-order valence-corrected chi connectivity index (χ4v) is 4.54. The van der Waals surface area contributed by atoms with Crippen molar-refractivity contribution < 1.29 is 14.0 Å². The van der Waals surface area contributed by atoms with Gasteiger partial charge in [0.25, 0.3) is 0 Å². The summed E-state index contributed by atoms with van der Waals surface area (Å²) < 4.78 is 13.7. The minimum Gasteiger partial charge on any atom is -0.308 e. The number of para-hydroxylation sites is 2. The summed E-state index contributed by atoms with van der Waals surface area (Å²) in [6, 6.07) is 20.6. The Morgan fingerprint density at radius 1 is 1.03 bits per heavy atom. The maximum Gasteiger partial charge on any atom is 0.323 e. The van der Waals surface area contributed by atoms with Crippen molar-refractivity contribution in [1.29, 1.82) is 0 Å². The van der Waals surface area contributed by atoms with E-state index in [1.807, 2.05) is 49.4 Å². The van der Waals surface area contributed by atoms with Crippen LogP contribution >= 0.6 is 11.8 Å². The number of rotatable bonds is 4. The van der Waals surface area contributed by atoms with Crippen LogP contribution in [0.15, 0.2) is 72.8 Å². The second-order valence-corrected chi connectivity index (χ2v) is 7.97. The van der Waals surface area contributed by atoms with Gasteiger partial charge in [0.15, 0.2) is 0 Å². The van der Waals surface area contributed by atoms with Crippen LogP contribution in [0.3, 0.4) is 0 Å². The summed E-state index contributed by atoms with van der Waals surface area (Å²) in [6.45, 7) is 1.98. The maximum atomic E-state index is 13.7. The zero-order valence-corrected chi connectivity index (χ0v) is 17.1.